The molecule has 5 fully saturated rings. The van der Waals surface area contributed by atoms with Crippen molar-refractivity contribution in [3.05, 3.63) is 60.2 Å². The molecule has 3 unspecified atom stereocenters. The number of allylic oxidation sites excluding steroid dienone is 1. The van der Waals surface area contributed by atoms with Crippen LogP contribution in [0.15, 0.2) is 54.6 Å². The Bertz CT molecular complexity index is 1760. The summed E-state index contributed by atoms with van der Waals surface area (Å²) in [5, 5.41) is 13.5. The smallest absolute Gasteiger partial charge is 0.342 e. The average molecular weight is 749 g/mol. The molecule has 6 aliphatic rings. The summed E-state index contributed by atoms with van der Waals surface area (Å²) in [7, 11) is 1.26. The maximum absolute atomic E-state index is 13.8. The molecule has 11 heteroatoms. The summed E-state index contributed by atoms with van der Waals surface area (Å²) < 4.78 is 36.8. The molecule has 294 valence electrons. The van der Waals surface area contributed by atoms with Crippen molar-refractivity contribution in [1.29, 1.82) is 0 Å². The van der Waals surface area contributed by atoms with E-state index in [4.69, 9.17) is 28.4 Å². The fraction of sp³-hybridized carbons (Fsp3) is 0.674. The maximum Gasteiger partial charge on any atom is 0.342 e. The summed E-state index contributed by atoms with van der Waals surface area (Å²) in [4.78, 5) is 53.9. The van der Waals surface area contributed by atoms with Crippen LogP contribution in [0.3, 0.4) is 0 Å². The third-order valence-electron chi connectivity index (χ3n) is 15.4. The number of fused-ring (bicyclic) bond motifs is 9. The number of esters is 4. The van der Waals surface area contributed by atoms with Crippen LogP contribution in [-0.4, -0.2) is 84.9 Å². The number of carbonyl (C=O) groups excluding carboxylic acids is 4. The van der Waals surface area contributed by atoms with E-state index in [1.165, 1.54) is 21.0 Å². The first-order chi connectivity index (χ1) is 25.4. The lowest BCUT2D eigenvalue weighted by Crippen LogP contribution is -2.82. The molecule has 54 heavy (non-hydrogen) atoms. The van der Waals surface area contributed by atoms with Crippen molar-refractivity contribution in [2.24, 2.45) is 39.4 Å². The summed E-state index contributed by atoms with van der Waals surface area (Å²) in [6.45, 7) is 17.5. The van der Waals surface area contributed by atoms with Gasteiger partial charge in [-0.05, 0) is 80.8 Å². The van der Waals surface area contributed by atoms with E-state index in [1.807, 2.05) is 50.3 Å². The Hall–Kier alpha value is -3.54. The molecule has 7 rings (SSSR count). The molecule has 1 aromatic carbocycles. The van der Waals surface area contributed by atoms with E-state index in [0.29, 0.717) is 44.5 Å². The minimum atomic E-state index is -1.70. The number of hydrogen-bond donors (Lipinski definition) is 1. The first kappa shape index (κ1) is 38.7. The highest BCUT2D eigenvalue weighted by molar-refractivity contribution is 5.87. The van der Waals surface area contributed by atoms with Crippen LogP contribution in [0.4, 0.5) is 0 Å². The number of benzene rings is 1. The number of methoxy groups -OCH3 is 1. The number of epoxide rings is 1. The van der Waals surface area contributed by atoms with Gasteiger partial charge in [-0.3, -0.25) is 14.4 Å². The third-order valence-corrected chi connectivity index (χ3v) is 15.4. The topological polar surface area (TPSA) is 147 Å². The van der Waals surface area contributed by atoms with Gasteiger partial charge in [-0.2, -0.15) is 0 Å². The Morgan fingerprint density at radius 3 is 2.24 bits per heavy atom. The maximum atomic E-state index is 13.8. The lowest BCUT2D eigenvalue weighted by Gasteiger charge is -2.73. The van der Waals surface area contributed by atoms with Gasteiger partial charge in [0, 0.05) is 31.1 Å². The summed E-state index contributed by atoms with van der Waals surface area (Å²) in [5.74, 6) is -3.53. The average Bonchev–Trinajstić information content (AvgIpc) is 3.93. The third kappa shape index (κ3) is 5.02. The number of aliphatic hydroxyl groups is 1. The molecule has 0 aromatic heterocycles. The Balaban J connectivity index is 1.34. The number of rotatable bonds is 7. The quantitative estimate of drug-likeness (QED) is 0.160. The molecule has 4 saturated carbocycles. The summed E-state index contributed by atoms with van der Waals surface area (Å²) in [6, 6.07) is 9.59. The van der Waals surface area contributed by atoms with Crippen molar-refractivity contribution in [2.75, 3.05) is 20.3 Å². The van der Waals surface area contributed by atoms with Crippen LogP contribution < -0.4 is 0 Å². The highest BCUT2D eigenvalue weighted by Crippen LogP contribution is 2.78. The Morgan fingerprint density at radius 2 is 1.59 bits per heavy atom. The van der Waals surface area contributed by atoms with Gasteiger partial charge in [0.1, 0.15) is 18.3 Å². The minimum absolute atomic E-state index is 0.106. The van der Waals surface area contributed by atoms with Gasteiger partial charge in [0.05, 0.1) is 37.3 Å². The molecule has 1 saturated heterocycles. The van der Waals surface area contributed by atoms with E-state index in [1.54, 1.807) is 6.92 Å². The molecular formula is C43H56O11. The van der Waals surface area contributed by atoms with Crippen LogP contribution in [-0.2, 0) is 47.6 Å². The summed E-state index contributed by atoms with van der Waals surface area (Å²) in [6.07, 6.45) is 3.17. The molecular weight excluding hydrogens is 692 g/mol. The Kier molecular flexibility index (Phi) is 9.33. The van der Waals surface area contributed by atoms with Crippen LogP contribution in [0.5, 0.6) is 0 Å². The SMILES string of the molecule is C=C1C[C@@]2(O)C3CC[C@]4(C)C(CC[C@@]5(C(C)OC(=O)[C@H](C)c6ccccc6)COCC=C[C@H]54)[C@@]3(C)[C@H](OC(C)=O)[C@H](OC(C)=O)[C@@]2(C)[C@]2(C(=O)OC)O[C@H]12. The fourth-order valence-corrected chi connectivity index (χ4v) is 12.9. The van der Waals surface area contributed by atoms with Crippen molar-refractivity contribution < 1.29 is 52.7 Å². The molecule has 2 aliphatic heterocycles. The number of carbonyl (C=O) groups is 4. The highest BCUT2D eigenvalue weighted by Gasteiger charge is 2.90. The first-order valence-corrected chi connectivity index (χ1v) is 19.4. The van der Waals surface area contributed by atoms with Crippen LogP contribution in [0, 0.1) is 39.4 Å². The first-order valence-electron chi connectivity index (χ1n) is 19.4. The molecule has 14 atom stereocenters. The van der Waals surface area contributed by atoms with Crippen LogP contribution in [0.1, 0.15) is 92.1 Å². The van der Waals surface area contributed by atoms with Crippen LogP contribution in [0.25, 0.3) is 0 Å². The molecule has 0 spiro atoms. The van der Waals surface area contributed by atoms with Crippen molar-refractivity contribution in [3.63, 3.8) is 0 Å². The number of ether oxygens (including phenoxy) is 6. The van der Waals surface area contributed by atoms with Crippen molar-refractivity contribution >= 4 is 23.9 Å². The van der Waals surface area contributed by atoms with Crippen LogP contribution in [0.2, 0.25) is 0 Å². The van der Waals surface area contributed by atoms with Crippen molar-refractivity contribution in [3.8, 4) is 0 Å². The molecule has 0 amide bonds. The second-order valence-electron chi connectivity index (χ2n) is 17.7. The van der Waals surface area contributed by atoms with Crippen LogP contribution >= 0.6 is 0 Å². The molecule has 4 aliphatic carbocycles. The second-order valence-corrected chi connectivity index (χ2v) is 17.7. The van der Waals surface area contributed by atoms with E-state index in [9.17, 15) is 24.3 Å². The van der Waals surface area contributed by atoms with E-state index < -0.39 is 87.0 Å². The molecule has 2 heterocycles. The Morgan fingerprint density at radius 1 is 0.944 bits per heavy atom. The van der Waals surface area contributed by atoms with Gasteiger partial charge in [0.2, 0.25) is 5.60 Å². The van der Waals surface area contributed by atoms with E-state index in [-0.39, 0.29) is 24.2 Å². The van der Waals surface area contributed by atoms with Gasteiger partial charge in [-0.1, -0.05) is 62.9 Å². The molecule has 1 N–H and O–H groups in total. The zero-order valence-corrected chi connectivity index (χ0v) is 32.8. The number of hydrogen-bond acceptors (Lipinski definition) is 11. The standard InChI is InChI=1S/C43H56O11/c1-24-22-42(48)32-17-19-38(6)30(18-20-41(23-50-21-13-16-31(38)41)26(3)51-36(46)25(2)29-14-11-10-12-15-29)39(32,7)34(52-27(4)44)35(53-28(5)45)40(42,8)43(33(24)54-43)37(47)49-9/h10-16,25-26,30-35,48H,1,17-23H2,2-9H3/t25-,26?,30?,31+,32?,33-,34-,35+,38-,39-,40-,41+,42-,43+/m1/s1. The molecule has 0 bridgehead atoms. The minimum Gasteiger partial charge on any atom is -0.467 e. The summed E-state index contributed by atoms with van der Waals surface area (Å²) >= 11 is 0. The zero-order valence-electron chi connectivity index (χ0n) is 32.8. The van der Waals surface area contributed by atoms with Gasteiger partial charge in [0.25, 0.3) is 0 Å². The predicted octanol–water partition coefficient (Wildman–Crippen LogP) is 5.63. The zero-order chi connectivity index (χ0) is 39.2. The lowest BCUT2D eigenvalue weighted by molar-refractivity contribution is -0.336. The normalized spacial score (nSPS) is 44.3. The summed E-state index contributed by atoms with van der Waals surface area (Å²) in [5.41, 5.74) is -5.54. The molecule has 0 radical (unpaired) electrons. The van der Waals surface area contributed by atoms with Gasteiger partial charge >= 0.3 is 23.9 Å². The van der Waals surface area contributed by atoms with Crippen molar-refractivity contribution in [1.82, 2.24) is 0 Å². The fourth-order valence-electron chi connectivity index (χ4n) is 12.9. The monoisotopic (exact) mass is 748 g/mol. The van der Waals surface area contributed by atoms with Gasteiger partial charge < -0.3 is 33.5 Å². The predicted molar refractivity (Wildman–Crippen MR) is 195 cm³/mol. The molecule has 11 nitrogen and oxygen atoms in total. The van der Waals surface area contributed by atoms with E-state index >= 15 is 0 Å². The van der Waals surface area contributed by atoms with Gasteiger partial charge in [-0.25, -0.2) is 4.79 Å². The lowest BCUT2D eigenvalue weighted by atomic mass is 9.32. The largest absolute Gasteiger partial charge is 0.467 e. The molecule has 1 aromatic rings. The second kappa shape index (κ2) is 13.0. The van der Waals surface area contributed by atoms with E-state index in [0.717, 1.165) is 5.56 Å². The highest BCUT2D eigenvalue weighted by atomic mass is 16.7. The van der Waals surface area contributed by atoms with Gasteiger partial charge in [0.15, 0.2) is 6.10 Å². The van der Waals surface area contributed by atoms with Crippen molar-refractivity contribution in [2.45, 2.75) is 122 Å². The van der Waals surface area contributed by atoms with Gasteiger partial charge in [-0.15, -0.1) is 0 Å². The Labute approximate surface area is 318 Å². The van der Waals surface area contributed by atoms with E-state index in [2.05, 4.69) is 26.5 Å².